The number of aromatic nitrogens is 1. The Morgan fingerprint density at radius 3 is 2.54 bits per heavy atom. The zero-order valence-corrected chi connectivity index (χ0v) is 17.4. The van der Waals surface area contributed by atoms with Gasteiger partial charge in [0, 0.05) is 13.0 Å². The van der Waals surface area contributed by atoms with Crippen molar-refractivity contribution in [3.05, 3.63) is 71.4 Å². The summed E-state index contributed by atoms with van der Waals surface area (Å²) in [5.41, 5.74) is 5.30. The summed E-state index contributed by atoms with van der Waals surface area (Å²) in [5.74, 6) is -0.833. The molecule has 130 valence electrons. The van der Waals surface area contributed by atoms with Crippen molar-refractivity contribution in [2.45, 2.75) is 32.2 Å². The molecule has 1 aliphatic rings. The molecule has 0 saturated heterocycles. The van der Waals surface area contributed by atoms with Crippen LogP contribution in [-0.2, 0) is 17.6 Å². The maximum atomic E-state index is 9.00. The number of aliphatic carboxylic acids is 1. The summed E-state index contributed by atoms with van der Waals surface area (Å²) in [6.07, 6.45) is 3.29. The fraction of sp³-hybridized carbons (Fsp3) is 0.286. The Kier molecular flexibility index (Phi) is 7.91. The van der Waals surface area contributed by atoms with Gasteiger partial charge in [0.25, 0.3) is 5.97 Å². The quantitative estimate of drug-likeness (QED) is 0.677. The zero-order valence-electron chi connectivity index (χ0n) is 15.4. The van der Waals surface area contributed by atoms with E-state index >= 15 is 0 Å². The van der Waals surface area contributed by atoms with Gasteiger partial charge in [0.05, 0.1) is 0 Å². The number of nitrogens with one attached hydrogen (secondary N) is 1. The molecule has 0 bridgehead atoms. The number of carboxylic acids is 1. The second kappa shape index (κ2) is 9.93. The Balaban J connectivity index is 0.000000444. The van der Waals surface area contributed by atoms with Crippen LogP contribution in [0.4, 0.5) is 0 Å². The number of fused-ring (bicyclic) bond motifs is 3. The fourth-order valence-electron chi connectivity index (χ4n) is 3.41. The second-order valence-corrected chi connectivity index (χ2v) is 6.29. The van der Waals surface area contributed by atoms with E-state index in [9.17, 15) is 0 Å². The van der Waals surface area contributed by atoms with Crippen LogP contribution in [-0.4, -0.2) is 17.6 Å². The number of benzene rings is 2. The predicted molar refractivity (Wildman–Crippen MR) is 99.8 cm³/mol. The molecule has 4 rings (SSSR count). The number of para-hydroxylation sites is 1. The number of hydrogen-bond donors (Lipinski definition) is 2. The maximum Gasteiger partial charge on any atom is 1.00 e. The van der Waals surface area contributed by atoms with Gasteiger partial charge >= 0.3 is 29.6 Å². The average Bonchev–Trinajstić information content (AvgIpc) is 2.99. The molecule has 0 radical (unpaired) electrons. The van der Waals surface area contributed by atoms with Crippen molar-refractivity contribution in [2.24, 2.45) is 0 Å². The third kappa shape index (κ3) is 5.21. The molecule has 2 aromatic carbocycles. The Bertz CT molecular complexity index is 842. The van der Waals surface area contributed by atoms with Crippen molar-refractivity contribution in [1.29, 1.82) is 0 Å². The summed E-state index contributed by atoms with van der Waals surface area (Å²) in [4.78, 5) is 13.8. The first-order valence-corrected chi connectivity index (χ1v) is 8.66. The van der Waals surface area contributed by atoms with Gasteiger partial charge in [-0.2, -0.15) is 5.69 Å². The van der Waals surface area contributed by atoms with Crippen LogP contribution in [0, 0.1) is 0 Å². The number of carboxylic acid groups (broad SMARTS) is 1. The van der Waals surface area contributed by atoms with Crippen LogP contribution in [0.2, 0.25) is 0 Å². The third-order valence-electron chi connectivity index (χ3n) is 4.43. The molecule has 5 heteroatoms. The van der Waals surface area contributed by atoms with Gasteiger partial charge in [0.15, 0.2) is 0 Å². The standard InChI is InChI=1S/C19H19N2.C2H4O2.Na/c1-2-6-14(7-3-1)10-11-17-19-15-8-4-5-9-16(15)21-18(19)12-13-20-17;1-2(3)4;/h1-9,17,20H,10-13H2;1H3,(H,3,4);/q-1;;+1. The summed E-state index contributed by atoms with van der Waals surface area (Å²) < 4.78 is 0. The number of hydrogen-bond acceptors (Lipinski definition) is 2. The van der Waals surface area contributed by atoms with E-state index in [1.165, 1.54) is 22.2 Å². The summed E-state index contributed by atoms with van der Waals surface area (Å²) in [6.45, 7) is 2.12. The average molecular weight is 358 g/mol. The van der Waals surface area contributed by atoms with E-state index in [1.54, 1.807) is 0 Å². The molecule has 1 aliphatic heterocycles. The van der Waals surface area contributed by atoms with E-state index < -0.39 is 5.97 Å². The molecule has 1 unspecified atom stereocenters. The van der Waals surface area contributed by atoms with Gasteiger partial charge in [0.2, 0.25) is 0 Å². The molecule has 0 amide bonds. The van der Waals surface area contributed by atoms with Crippen molar-refractivity contribution in [1.82, 2.24) is 10.3 Å². The molecule has 0 saturated carbocycles. The Hall–Kier alpha value is -1.59. The van der Waals surface area contributed by atoms with Crippen molar-refractivity contribution >= 4 is 16.9 Å². The van der Waals surface area contributed by atoms with E-state index in [0.717, 1.165) is 38.2 Å². The van der Waals surface area contributed by atoms with Gasteiger partial charge in [-0.15, -0.1) is 5.52 Å². The minimum Gasteiger partial charge on any atom is -0.660 e. The van der Waals surface area contributed by atoms with Gasteiger partial charge in [0.1, 0.15) is 0 Å². The van der Waals surface area contributed by atoms with E-state index in [0.29, 0.717) is 6.04 Å². The largest absolute Gasteiger partial charge is 1.00 e. The van der Waals surface area contributed by atoms with E-state index in [2.05, 4.69) is 59.9 Å². The topological polar surface area (TPSA) is 63.4 Å². The molecule has 2 heterocycles. The van der Waals surface area contributed by atoms with Crippen molar-refractivity contribution < 1.29 is 39.5 Å². The van der Waals surface area contributed by atoms with Crippen LogP contribution in [0.5, 0.6) is 0 Å². The Labute approximate surface area is 176 Å². The van der Waals surface area contributed by atoms with Crippen LogP contribution in [0.1, 0.15) is 36.2 Å². The molecular weight excluding hydrogens is 335 g/mol. The van der Waals surface area contributed by atoms with Gasteiger partial charge in [-0.3, -0.25) is 4.79 Å². The number of nitrogens with zero attached hydrogens (tertiary/aromatic N) is 1. The van der Waals surface area contributed by atoms with Crippen molar-refractivity contribution in [2.75, 3.05) is 6.54 Å². The molecular formula is C21H23N2NaO2. The fourth-order valence-corrected chi connectivity index (χ4v) is 3.41. The first-order valence-electron chi connectivity index (χ1n) is 8.66. The first kappa shape index (κ1) is 20.7. The zero-order chi connectivity index (χ0) is 17.6. The van der Waals surface area contributed by atoms with Crippen LogP contribution in [0.3, 0.4) is 0 Å². The Morgan fingerprint density at radius 1 is 1.15 bits per heavy atom. The van der Waals surface area contributed by atoms with Crippen LogP contribution >= 0.6 is 0 Å². The molecule has 1 aromatic heterocycles. The van der Waals surface area contributed by atoms with Gasteiger partial charge in [-0.05, 0) is 42.3 Å². The minimum absolute atomic E-state index is 0. The third-order valence-corrected chi connectivity index (χ3v) is 4.43. The summed E-state index contributed by atoms with van der Waals surface area (Å²) in [5, 5.41) is 12.4. The molecule has 1 atom stereocenters. The molecule has 26 heavy (non-hydrogen) atoms. The second-order valence-electron chi connectivity index (χ2n) is 6.29. The number of rotatable bonds is 3. The summed E-state index contributed by atoms with van der Waals surface area (Å²) in [6, 6.07) is 19.7. The first-order chi connectivity index (χ1) is 12.1. The van der Waals surface area contributed by atoms with E-state index in [1.807, 2.05) is 0 Å². The molecule has 0 aliphatic carbocycles. The van der Waals surface area contributed by atoms with Crippen LogP contribution in [0.25, 0.3) is 10.9 Å². The molecule has 2 N–H and O–H groups in total. The number of aryl methyl sites for hydroxylation is 1. The van der Waals surface area contributed by atoms with Gasteiger partial charge in [-0.25, -0.2) is 0 Å². The predicted octanol–water partition coefficient (Wildman–Crippen LogP) is 0.712. The summed E-state index contributed by atoms with van der Waals surface area (Å²) in [7, 11) is 0. The SMILES string of the molecule is CC(=O)O.[Na+].c1ccc(CCC2NCCc3[n-]c4ccccc4c32)cc1. The van der Waals surface area contributed by atoms with Crippen LogP contribution < -0.4 is 39.9 Å². The van der Waals surface area contributed by atoms with Crippen molar-refractivity contribution in [3.63, 3.8) is 0 Å². The van der Waals surface area contributed by atoms with E-state index in [4.69, 9.17) is 14.9 Å². The van der Waals surface area contributed by atoms with Gasteiger partial charge in [-0.1, -0.05) is 54.6 Å². The molecule has 0 spiro atoms. The normalized spacial score (nSPS) is 15.3. The molecule has 0 fully saturated rings. The Morgan fingerprint density at radius 2 is 1.81 bits per heavy atom. The van der Waals surface area contributed by atoms with Crippen molar-refractivity contribution in [3.8, 4) is 0 Å². The van der Waals surface area contributed by atoms with Crippen LogP contribution in [0.15, 0.2) is 54.6 Å². The number of carbonyl (C=O) groups is 1. The smallest absolute Gasteiger partial charge is 0.660 e. The molecule has 3 aromatic rings. The summed E-state index contributed by atoms with van der Waals surface area (Å²) >= 11 is 0. The van der Waals surface area contributed by atoms with E-state index in [-0.39, 0.29) is 29.6 Å². The monoisotopic (exact) mass is 358 g/mol. The van der Waals surface area contributed by atoms with Gasteiger partial charge < -0.3 is 15.4 Å². The molecule has 4 nitrogen and oxygen atoms in total. The minimum atomic E-state index is -0.833. The maximum absolute atomic E-state index is 9.00.